The number of benzene rings is 1. The van der Waals surface area contributed by atoms with Crippen molar-refractivity contribution in [2.24, 2.45) is 5.92 Å². The first-order valence-electron chi connectivity index (χ1n) is 5.89. The first-order valence-corrected chi connectivity index (χ1v) is 5.89. The lowest BCUT2D eigenvalue weighted by Crippen LogP contribution is -2.32. The van der Waals surface area contributed by atoms with Gasteiger partial charge in [0.1, 0.15) is 0 Å². The maximum atomic E-state index is 8.69. The normalized spacial score (nSPS) is 12.4. The van der Waals surface area contributed by atoms with Gasteiger partial charge >= 0.3 is 0 Å². The average molecular weight is 216 g/mol. The Bertz CT molecular complexity index is 346. The molecule has 0 heterocycles. The van der Waals surface area contributed by atoms with E-state index in [0.29, 0.717) is 12.0 Å². The SMILES string of the molecule is CCC(NCc1ccc(C#N)cc1)C(C)C. The quantitative estimate of drug-likeness (QED) is 0.821. The summed E-state index contributed by atoms with van der Waals surface area (Å²) in [5.74, 6) is 0.656. The van der Waals surface area contributed by atoms with Crippen molar-refractivity contribution in [1.29, 1.82) is 5.26 Å². The van der Waals surface area contributed by atoms with Gasteiger partial charge in [-0.2, -0.15) is 5.26 Å². The lowest BCUT2D eigenvalue weighted by Gasteiger charge is -2.20. The summed E-state index contributed by atoms with van der Waals surface area (Å²) in [5, 5.41) is 12.2. The summed E-state index contributed by atoms with van der Waals surface area (Å²) in [5.41, 5.74) is 1.96. The van der Waals surface area contributed by atoms with Crippen molar-refractivity contribution >= 4 is 0 Å². The van der Waals surface area contributed by atoms with Crippen molar-refractivity contribution in [2.75, 3.05) is 0 Å². The van der Waals surface area contributed by atoms with Crippen LogP contribution in [0.2, 0.25) is 0 Å². The highest BCUT2D eigenvalue weighted by atomic mass is 14.9. The van der Waals surface area contributed by atoms with Gasteiger partial charge < -0.3 is 5.32 Å². The third kappa shape index (κ3) is 3.67. The summed E-state index contributed by atoms with van der Waals surface area (Å²) >= 11 is 0. The molecule has 1 aromatic carbocycles. The fourth-order valence-electron chi connectivity index (χ4n) is 1.80. The molecule has 16 heavy (non-hydrogen) atoms. The van der Waals surface area contributed by atoms with Crippen LogP contribution in [0.15, 0.2) is 24.3 Å². The topological polar surface area (TPSA) is 35.8 Å². The van der Waals surface area contributed by atoms with Crippen molar-refractivity contribution in [2.45, 2.75) is 39.8 Å². The van der Waals surface area contributed by atoms with E-state index in [1.54, 1.807) is 0 Å². The molecule has 1 N–H and O–H groups in total. The number of hydrogen-bond acceptors (Lipinski definition) is 2. The Balaban J connectivity index is 2.51. The summed E-state index contributed by atoms with van der Waals surface area (Å²) in [6.45, 7) is 7.55. The minimum Gasteiger partial charge on any atom is -0.310 e. The molecule has 0 aliphatic rings. The van der Waals surface area contributed by atoms with Gasteiger partial charge in [0.05, 0.1) is 11.6 Å². The molecular weight excluding hydrogens is 196 g/mol. The zero-order valence-corrected chi connectivity index (χ0v) is 10.3. The Morgan fingerprint density at radius 1 is 1.25 bits per heavy atom. The van der Waals surface area contributed by atoms with E-state index < -0.39 is 0 Å². The second kappa shape index (κ2) is 6.30. The van der Waals surface area contributed by atoms with E-state index in [0.717, 1.165) is 18.5 Å². The molecular formula is C14H20N2. The fraction of sp³-hybridized carbons (Fsp3) is 0.500. The summed E-state index contributed by atoms with van der Waals surface area (Å²) in [6.07, 6.45) is 1.15. The van der Waals surface area contributed by atoms with Gasteiger partial charge in [0.25, 0.3) is 0 Å². The maximum absolute atomic E-state index is 8.69. The van der Waals surface area contributed by atoms with Crippen LogP contribution in [0.25, 0.3) is 0 Å². The monoisotopic (exact) mass is 216 g/mol. The van der Waals surface area contributed by atoms with Gasteiger partial charge in [-0.25, -0.2) is 0 Å². The van der Waals surface area contributed by atoms with Crippen molar-refractivity contribution in [1.82, 2.24) is 5.32 Å². The average Bonchev–Trinajstić information content (AvgIpc) is 2.30. The highest BCUT2D eigenvalue weighted by Crippen LogP contribution is 2.08. The van der Waals surface area contributed by atoms with Gasteiger partial charge in [-0.15, -0.1) is 0 Å². The van der Waals surface area contributed by atoms with Crippen LogP contribution in [0.4, 0.5) is 0 Å². The molecule has 0 spiro atoms. The Morgan fingerprint density at radius 3 is 2.31 bits per heavy atom. The highest BCUT2D eigenvalue weighted by molar-refractivity contribution is 5.31. The minimum atomic E-state index is 0.565. The second-order valence-corrected chi connectivity index (χ2v) is 4.45. The Labute approximate surface area is 98.3 Å². The van der Waals surface area contributed by atoms with Crippen molar-refractivity contribution < 1.29 is 0 Å². The number of nitriles is 1. The van der Waals surface area contributed by atoms with Crippen LogP contribution >= 0.6 is 0 Å². The van der Waals surface area contributed by atoms with Crippen molar-refractivity contribution in [3.63, 3.8) is 0 Å². The van der Waals surface area contributed by atoms with Gasteiger partial charge in [0, 0.05) is 12.6 Å². The van der Waals surface area contributed by atoms with Crippen molar-refractivity contribution in [3.8, 4) is 6.07 Å². The zero-order valence-electron chi connectivity index (χ0n) is 10.3. The molecule has 0 aromatic heterocycles. The molecule has 0 aliphatic heterocycles. The van der Waals surface area contributed by atoms with Gasteiger partial charge in [-0.05, 0) is 30.0 Å². The van der Waals surface area contributed by atoms with Gasteiger partial charge in [-0.3, -0.25) is 0 Å². The Kier molecular flexibility index (Phi) is 5.01. The van der Waals surface area contributed by atoms with Crippen LogP contribution in [-0.4, -0.2) is 6.04 Å². The molecule has 0 saturated heterocycles. The Hall–Kier alpha value is -1.33. The molecule has 1 unspecified atom stereocenters. The summed E-state index contributed by atoms with van der Waals surface area (Å²) < 4.78 is 0. The molecule has 86 valence electrons. The molecule has 0 aliphatic carbocycles. The number of rotatable bonds is 5. The predicted octanol–water partition coefficient (Wildman–Crippen LogP) is 3.08. The third-order valence-corrected chi connectivity index (χ3v) is 2.90. The van der Waals surface area contributed by atoms with E-state index in [2.05, 4.69) is 32.2 Å². The molecule has 0 fully saturated rings. The number of nitrogens with zero attached hydrogens (tertiary/aromatic N) is 1. The lowest BCUT2D eigenvalue weighted by atomic mass is 10.0. The first-order chi connectivity index (χ1) is 7.67. The van der Waals surface area contributed by atoms with E-state index in [1.165, 1.54) is 5.56 Å². The van der Waals surface area contributed by atoms with E-state index in [4.69, 9.17) is 5.26 Å². The van der Waals surface area contributed by atoms with E-state index in [-0.39, 0.29) is 0 Å². The van der Waals surface area contributed by atoms with Crippen molar-refractivity contribution in [3.05, 3.63) is 35.4 Å². The second-order valence-electron chi connectivity index (χ2n) is 4.45. The standard InChI is InChI=1S/C14H20N2/c1-4-14(11(2)3)16-10-13-7-5-12(9-15)6-8-13/h5-8,11,14,16H,4,10H2,1-3H3. The zero-order chi connectivity index (χ0) is 12.0. The molecule has 0 saturated carbocycles. The highest BCUT2D eigenvalue weighted by Gasteiger charge is 2.09. The number of hydrogen-bond donors (Lipinski definition) is 1. The van der Waals surface area contributed by atoms with Gasteiger partial charge in [0.2, 0.25) is 0 Å². The van der Waals surface area contributed by atoms with E-state index >= 15 is 0 Å². The van der Waals surface area contributed by atoms with E-state index in [1.807, 2.05) is 24.3 Å². The number of nitrogens with one attached hydrogen (secondary N) is 1. The van der Waals surface area contributed by atoms with Crippen LogP contribution in [0.3, 0.4) is 0 Å². The summed E-state index contributed by atoms with van der Waals surface area (Å²) in [6, 6.07) is 10.5. The van der Waals surface area contributed by atoms with Crippen LogP contribution in [0.5, 0.6) is 0 Å². The van der Waals surface area contributed by atoms with Crippen LogP contribution < -0.4 is 5.32 Å². The third-order valence-electron chi connectivity index (χ3n) is 2.90. The smallest absolute Gasteiger partial charge is 0.0991 e. The molecule has 2 heteroatoms. The maximum Gasteiger partial charge on any atom is 0.0991 e. The minimum absolute atomic E-state index is 0.565. The molecule has 1 atom stereocenters. The van der Waals surface area contributed by atoms with Gasteiger partial charge in [0.15, 0.2) is 0 Å². The Morgan fingerprint density at radius 2 is 1.88 bits per heavy atom. The molecule has 0 radical (unpaired) electrons. The lowest BCUT2D eigenvalue weighted by molar-refractivity contribution is 0.387. The predicted molar refractivity (Wildman–Crippen MR) is 66.9 cm³/mol. The first kappa shape index (κ1) is 12.7. The largest absolute Gasteiger partial charge is 0.310 e. The fourth-order valence-corrected chi connectivity index (χ4v) is 1.80. The molecule has 1 rings (SSSR count). The van der Waals surface area contributed by atoms with Crippen LogP contribution in [0, 0.1) is 17.2 Å². The molecule has 0 bridgehead atoms. The molecule has 1 aromatic rings. The summed E-state index contributed by atoms with van der Waals surface area (Å²) in [4.78, 5) is 0. The van der Waals surface area contributed by atoms with Gasteiger partial charge in [-0.1, -0.05) is 32.9 Å². The summed E-state index contributed by atoms with van der Waals surface area (Å²) in [7, 11) is 0. The molecule has 0 amide bonds. The molecule has 2 nitrogen and oxygen atoms in total. The van der Waals surface area contributed by atoms with E-state index in [9.17, 15) is 0 Å². The van der Waals surface area contributed by atoms with Crippen LogP contribution in [0.1, 0.15) is 38.3 Å². The van der Waals surface area contributed by atoms with Crippen LogP contribution in [-0.2, 0) is 6.54 Å².